The first-order valence-corrected chi connectivity index (χ1v) is 7.40. The quantitative estimate of drug-likeness (QED) is 0.814. The predicted molar refractivity (Wildman–Crippen MR) is 77.0 cm³/mol. The maximum absolute atomic E-state index is 13.8. The van der Waals surface area contributed by atoms with E-state index >= 15 is 0 Å². The molecule has 0 amide bonds. The summed E-state index contributed by atoms with van der Waals surface area (Å²) in [5.41, 5.74) is 1.69. The van der Waals surface area contributed by atoms with Crippen molar-refractivity contribution in [2.75, 3.05) is 7.05 Å². The van der Waals surface area contributed by atoms with Gasteiger partial charge in [0.25, 0.3) is 0 Å². The highest BCUT2D eigenvalue weighted by atomic mass is 79.9. The zero-order valence-corrected chi connectivity index (χ0v) is 13.0. The minimum absolute atomic E-state index is 0.145. The van der Waals surface area contributed by atoms with Gasteiger partial charge in [-0.25, -0.2) is 4.39 Å². The fraction of sp³-hybridized carbons (Fsp3) is 0.167. The first-order chi connectivity index (χ1) is 8.13. The van der Waals surface area contributed by atoms with Crippen molar-refractivity contribution in [3.8, 4) is 0 Å². The van der Waals surface area contributed by atoms with Gasteiger partial charge in [-0.1, -0.05) is 18.2 Å². The van der Waals surface area contributed by atoms with Gasteiger partial charge in [0, 0.05) is 5.56 Å². The molecule has 17 heavy (non-hydrogen) atoms. The number of benzene rings is 1. The molecule has 2 rings (SSSR count). The van der Waals surface area contributed by atoms with E-state index in [0.29, 0.717) is 5.56 Å². The number of hydrogen-bond donors (Lipinski definition) is 1. The van der Waals surface area contributed by atoms with Crippen LogP contribution in [0.2, 0.25) is 0 Å². The molecule has 1 unspecified atom stereocenters. The molecule has 1 aromatic heterocycles. The van der Waals surface area contributed by atoms with Gasteiger partial charge < -0.3 is 5.32 Å². The average molecular weight is 379 g/mol. The van der Waals surface area contributed by atoms with Gasteiger partial charge in [0.15, 0.2) is 0 Å². The van der Waals surface area contributed by atoms with Crippen LogP contribution in [0.1, 0.15) is 17.2 Å². The molecule has 1 N–H and O–H groups in total. The highest BCUT2D eigenvalue weighted by Crippen LogP contribution is 2.38. The zero-order valence-electron chi connectivity index (χ0n) is 9.01. The van der Waals surface area contributed by atoms with Crippen LogP contribution in [0.25, 0.3) is 0 Å². The van der Waals surface area contributed by atoms with Crippen LogP contribution in [0.15, 0.2) is 37.9 Å². The van der Waals surface area contributed by atoms with Crippen molar-refractivity contribution < 1.29 is 4.39 Å². The van der Waals surface area contributed by atoms with Gasteiger partial charge in [0.2, 0.25) is 0 Å². The molecule has 2 aromatic rings. The topological polar surface area (TPSA) is 12.0 Å². The summed E-state index contributed by atoms with van der Waals surface area (Å²) in [5.74, 6) is -0.193. The number of rotatable bonds is 3. The first-order valence-electron chi connectivity index (χ1n) is 5.00. The summed E-state index contributed by atoms with van der Waals surface area (Å²) in [7, 11) is 1.83. The molecule has 0 bridgehead atoms. The molecule has 0 saturated heterocycles. The lowest BCUT2D eigenvalue weighted by Gasteiger charge is -2.16. The van der Waals surface area contributed by atoms with E-state index in [0.717, 1.165) is 13.1 Å². The second-order valence-corrected chi connectivity index (χ2v) is 7.27. The molecular weight excluding hydrogens is 369 g/mol. The van der Waals surface area contributed by atoms with E-state index in [2.05, 4.69) is 37.2 Å². The van der Waals surface area contributed by atoms with E-state index in [1.165, 1.54) is 6.07 Å². The highest BCUT2D eigenvalue weighted by Gasteiger charge is 2.20. The monoisotopic (exact) mass is 377 g/mol. The van der Waals surface area contributed by atoms with Crippen LogP contribution in [0.5, 0.6) is 0 Å². The largest absolute Gasteiger partial charge is 0.309 e. The molecule has 90 valence electrons. The fourth-order valence-corrected chi connectivity index (χ4v) is 4.64. The number of halogens is 3. The van der Waals surface area contributed by atoms with Crippen LogP contribution in [-0.4, -0.2) is 7.05 Å². The molecule has 0 radical (unpaired) electrons. The summed E-state index contributed by atoms with van der Waals surface area (Å²) in [6.07, 6.45) is 0. The summed E-state index contributed by atoms with van der Waals surface area (Å²) in [6.45, 7) is 0. The second kappa shape index (κ2) is 5.61. The summed E-state index contributed by atoms with van der Waals surface area (Å²) < 4.78 is 15.8. The van der Waals surface area contributed by atoms with Gasteiger partial charge >= 0.3 is 0 Å². The van der Waals surface area contributed by atoms with Crippen LogP contribution < -0.4 is 5.32 Å². The molecule has 0 spiro atoms. The summed E-state index contributed by atoms with van der Waals surface area (Å²) in [6, 6.07) is 8.68. The van der Waals surface area contributed by atoms with Gasteiger partial charge in [0.1, 0.15) is 5.82 Å². The maximum Gasteiger partial charge on any atom is 0.128 e. The predicted octanol–water partition coefficient (Wildman–Crippen LogP) is 4.72. The molecular formula is C12H10Br2FNS. The molecule has 1 nitrogen and oxygen atoms in total. The maximum atomic E-state index is 13.8. The van der Waals surface area contributed by atoms with Gasteiger partial charge in [-0.15, -0.1) is 11.3 Å². The van der Waals surface area contributed by atoms with Crippen LogP contribution >= 0.6 is 43.2 Å². The zero-order chi connectivity index (χ0) is 12.4. The van der Waals surface area contributed by atoms with Crippen molar-refractivity contribution in [2.24, 2.45) is 0 Å². The first kappa shape index (κ1) is 13.2. The number of thiophene rings is 1. The van der Waals surface area contributed by atoms with Crippen LogP contribution in [-0.2, 0) is 0 Å². The van der Waals surface area contributed by atoms with Gasteiger partial charge in [-0.2, -0.15) is 0 Å². The van der Waals surface area contributed by atoms with Crippen LogP contribution in [0.3, 0.4) is 0 Å². The molecule has 0 aliphatic carbocycles. The molecule has 0 fully saturated rings. The van der Waals surface area contributed by atoms with Crippen LogP contribution in [0.4, 0.5) is 4.39 Å². The van der Waals surface area contributed by atoms with E-state index in [-0.39, 0.29) is 11.9 Å². The Hall–Kier alpha value is -0.230. The minimum Gasteiger partial charge on any atom is -0.309 e. The molecule has 1 aromatic carbocycles. The minimum atomic E-state index is -0.193. The molecule has 1 heterocycles. The van der Waals surface area contributed by atoms with Crippen molar-refractivity contribution >= 4 is 43.2 Å². The third kappa shape index (κ3) is 2.78. The van der Waals surface area contributed by atoms with Crippen molar-refractivity contribution in [1.29, 1.82) is 0 Å². The Morgan fingerprint density at radius 1 is 1.24 bits per heavy atom. The normalized spacial score (nSPS) is 12.7. The Bertz CT molecular complexity index is 527. The van der Waals surface area contributed by atoms with Crippen LogP contribution in [0, 0.1) is 5.82 Å². The number of nitrogens with one attached hydrogen (secondary N) is 1. The van der Waals surface area contributed by atoms with Crippen molar-refractivity contribution in [3.05, 3.63) is 54.8 Å². The van der Waals surface area contributed by atoms with Gasteiger partial charge in [-0.3, -0.25) is 0 Å². The van der Waals surface area contributed by atoms with E-state index in [4.69, 9.17) is 0 Å². The van der Waals surface area contributed by atoms with E-state index < -0.39 is 0 Å². The van der Waals surface area contributed by atoms with Crippen molar-refractivity contribution in [3.63, 3.8) is 0 Å². The Balaban J connectivity index is 2.47. The highest BCUT2D eigenvalue weighted by molar-refractivity contribution is 9.12. The molecule has 1 atom stereocenters. The van der Waals surface area contributed by atoms with Gasteiger partial charge in [-0.05, 0) is 56.6 Å². The summed E-state index contributed by atoms with van der Waals surface area (Å²) >= 11 is 8.53. The van der Waals surface area contributed by atoms with Crippen molar-refractivity contribution in [1.82, 2.24) is 5.32 Å². The molecule has 0 saturated carbocycles. The van der Waals surface area contributed by atoms with E-state index in [9.17, 15) is 4.39 Å². The second-order valence-electron chi connectivity index (χ2n) is 3.52. The van der Waals surface area contributed by atoms with Crippen molar-refractivity contribution in [2.45, 2.75) is 6.04 Å². The molecule has 5 heteroatoms. The Morgan fingerprint density at radius 2 is 1.94 bits per heavy atom. The molecule has 0 aliphatic heterocycles. The van der Waals surface area contributed by atoms with E-state index in [1.807, 2.05) is 19.2 Å². The number of hydrogen-bond acceptors (Lipinski definition) is 2. The lowest BCUT2D eigenvalue weighted by molar-refractivity contribution is 0.576. The average Bonchev–Trinajstić information content (AvgIpc) is 2.62. The SMILES string of the molecule is CNC(c1ccccc1F)c1cc(Br)sc1Br. The smallest absolute Gasteiger partial charge is 0.128 e. The third-order valence-corrected chi connectivity index (χ3v) is 4.88. The third-order valence-electron chi connectivity index (χ3n) is 2.50. The Morgan fingerprint density at radius 3 is 2.47 bits per heavy atom. The van der Waals surface area contributed by atoms with Gasteiger partial charge in [0.05, 0.1) is 13.6 Å². The van der Waals surface area contributed by atoms with E-state index in [1.54, 1.807) is 23.5 Å². The lowest BCUT2D eigenvalue weighted by Crippen LogP contribution is -2.18. The molecule has 0 aliphatic rings. The summed E-state index contributed by atoms with van der Waals surface area (Å²) in [4.78, 5) is 0. The Kier molecular flexibility index (Phi) is 4.36. The standard InChI is InChI=1S/C12H10Br2FNS/c1-16-11(7-4-2-3-5-9(7)15)8-6-10(13)17-12(8)14/h2-6,11,16H,1H3. The Labute approximate surface area is 120 Å². The lowest BCUT2D eigenvalue weighted by atomic mass is 10.0. The fourth-order valence-electron chi connectivity index (χ4n) is 1.74. The summed E-state index contributed by atoms with van der Waals surface area (Å²) in [5, 5.41) is 3.15.